The summed E-state index contributed by atoms with van der Waals surface area (Å²) in [4.78, 5) is 0. The van der Waals surface area contributed by atoms with Crippen LogP contribution in [0.1, 0.15) is 30.5 Å². The lowest BCUT2D eigenvalue weighted by atomic mass is 9.84. The van der Waals surface area contributed by atoms with E-state index >= 15 is 0 Å². The second-order valence-corrected chi connectivity index (χ2v) is 7.72. The fourth-order valence-corrected chi connectivity index (χ4v) is 4.55. The van der Waals surface area contributed by atoms with E-state index in [-0.39, 0.29) is 4.75 Å². The second-order valence-electron chi connectivity index (χ2n) is 6.48. The smallest absolute Gasteiger partial charge is 0.0907 e. The molecule has 0 unspecified atom stereocenters. The van der Waals surface area contributed by atoms with Crippen LogP contribution in [0.2, 0.25) is 0 Å². The number of hydrogen-bond acceptors (Lipinski definition) is 1. The van der Waals surface area contributed by atoms with Crippen LogP contribution in [-0.4, -0.2) is 5.75 Å². The number of benzene rings is 3. The lowest BCUT2D eigenvalue weighted by Gasteiger charge is -2.36. The van der Waals surface area contributed by atoms with Gasteiger partial charge in [-0.05, 0) is 28.4 Å². The predicted molar refractivity (Wildman–Crippen MR) is 107 cm³/mol. The van der Waals surface area contributed by atoms with Crippen molar-refractivity contribution in [1.29, 1.82) is 0 Å². The molecule has 3 aromatic rings. The molecule has 0 aliphatic rings. The average molecular weight is 333 g/mol. The van der Waals surface area contributed by atoms with Gasteiger partial charge in [-0.1, -0.05) is 105 Å². The van der Waals surface area contributed by atoms with Gasteiger partial charge in [-0.2, -0.15) is 0 Å². The van der Waals surface area contributed by atoms with Crippen LogP contribution in [0.25, 0.3) is 0 Å². The van der Waals surface area contributed by atoms with Crippen molar-refractivity contribution in [2.75, 3.05) is 5.75 Å². The van der Waals surface area contributed by atoms with Crippen LogP contribution in [0.15, 0.2) is 91.0 Å². The summed E-state index contributed by atoms with van der Waals surface area (Å²) in [7, 11) is 0. The van der Waals surface area contributed by atoms with Gasteiger partial charge in [-0.3, -0.25) is 0 Å². The highest BCUT2D eigenvalue weighted by atomic mass is 32.2. The zero-order valence-corrected chi connectivity index (χ0v) is 15.2. The van der Waals surface area contributed by atoms with Crippen molar-refractivity contribution in [1.82, 2.24) is 0 Å². The van der Waals surface area contributed by atoms with Gasteiger partial charge in [-0.25, -0.2) is 0 Å². The molecule has 0 nitrogen and oxygen atoms in total. The maximum absolute atomic E-state index is 2.29. The van der Waals surface area contributed by atoms with E-state index in [1.54, 1.807) is 0 Å². The summed E-state index contributed by atoms with van der Waals surface area (Å²) < 4.78 is -0.173. The molecule has 0 radical (unpaired) electrons. The molecular weight excluding hydrogens is 308 g/mol. The Kier molecular flexibility index (Phi) is 5.42. The van der Waals surface area contributed by atoms with Gasteiger partial charge >= 0.3 is 0 Å². The quantitative estimate of drug-likeness (QED) is 0.473. The normalized spacial score (nSPS) is 11.6. The van der Waals surface area contributed by atoms with Crippen molar-refractivity contribution in [2.45, 2.75) is 18.6 Å². The summed E-state index contributed by atoms with van der Waals surface area (Å²) >= 11 is 2.04. The topological polar surface area (TPSA) is 0 Å². The minimum absolute atomic E-state index is 0.173. The number of rotatable bonds is 6. The third-order valence-corrected chi connectivity index (χ3v) is 6.15. The van der Waals surface area contributed by atoms with Crippen molar-refractivity contribution < 1.29 is 0 Å². The van der Waals surface area contributed by atoms with Crippen molar-refractivity contribution in [2.24, 2.45) is 5.92 Å². The zero-order chi connectivity index (χ0) is 16.8. The maximum Gasteiger partial charge on any atom is 0.0907 e. The van der Waals surface area contributed by atoms with E-state index in [4.69, 9.17) is 0 Å². The van der Waals surface area contributed by atoms with E-state index in [1.165, 1.54) is 16.7 Å². The summed E-state index contributed by atoms with van der Waals surface area (Å²) in [6, 6.07) is 32.7. The molecule has 122 valence electrons. The monoisotopic (exact) mass is 332 g/mol. The molecule has 3 aromatic carbocycles. The molecule has 0 N–H and O–H groups in total. The third kappa shape index (κ3) is 3.42. The van der Waals surface area contributed by atoms with Gasteiger partial charge in [0.1, 0.15) is 0 Å². The molecule has 0 saturated heterocycles. The zero-order valence-electron chi connectivity index (χ0n) is 14.4. The van der Waals surface area contributed by atoms with Crippen LogP contribution in [0.4, 0.5) is 0 Å². The van der Waals surface area contributed by atoms with Crippen LogP contribution >= 0.6 is 11.8 Å². The highest BCUT2D eigenvalue weighted by Gasteiger charge is 2.36. The number of thioether (sulfide) groups is 1. The molecular formula is C23H24S. The standard InChI is InChI=1S/C23H24S/c1-19(2)18-24-23(20-12-6-3-7-13-20,21-14-8-4-9-15-21)22-16-10-5-11-17-22/h3-17,19H,18H2,1-2H3. The first kappa shape index (κ1) is 16.9. The Morgan fingerprint density at radius 2 is 0.958 bits per heavy atom. The van der Waals surface area contributed by atoms with Crippen LogP contribution in [0.3, 0.4) is 0 Å². The van der Waals surface area contributed by atoms with Crippen molar-refractivity contribution in [3.05, 3.63) is 108 Å². The lowest BCUT2D eigenvalue weighted by molar-refractivity contribution is 0.743. The Balaban J connectivity index is 2.24. The Morgan fingerprint density at radius 3 is 1.25 bits per heavy atom. The van der Waals surface area contributed by atoms with Crippen molar-refractivity contribution in [3.8, 4) is 0 Å². The molecule has 3 rings (SSSR count). The van der Waals surface area contributed by atoms with Gasteiger partial charge in [0.05, 0.1) is 4.75 Å². The molecule has 0 amide bonds. The molecule has 0 aliphatic carbocycles. The lowest BCUT2D eigenvalue weighted by Crippen LogP contribution is -2.26. The Morgan fingerprint density at radius 1 is 0.625 bits per heavy atom. The van der Waals surface area contributed by atoms with E-state index < -0.39 is 0 Å². The van der Waals surface area contributed by atoms with Gasteiger partial charge in [0, 0.05) is 0 Å². The molecule has 0 aliphatic heterocycles. The first-order valence-corrected chi connectivity index (χ1v) is 9.52. The number of hydrogen-bond donors (Lipinski definition) is 0. The van der Waals surface area contributed by atoms with E-state index in [2.05, 4.69) is 105 Å². The fourth-order valence-electron chi connectivity index (χ4n) is 3.06. The molecule has 1 heteroatoms. The highest BCUT2D eigenvalue weighted by molar-refractivity contribution is 8.00. The summed E-state index contributed by atoms with van der Waals surface area (Å²) in [5.74, 6) is 1.75. The third-order valence-electron chi connectivity index (χ3n) is 4.17. The molecule has 0 atom stereocenters. The highest BCUT2D eigenvalue weighted by Crippen LogP contribution is 2.48. The summed E-state index contributed by atoms with van der Waals surface area (Å²) in [6.07, 6.45) is 0. The van der Waals surface area contributed by atoms with Gasteiger partial charge in [0.2, 0.25) is 0 Å². The minimum atomic E-state index is -0.173. The summed E-state index contributed by atoms with van der Waals surface area (Å²) in [6.45, 7) is 4.58. The van der Waals surface area contributed by atoms with Gasteiger partial charge in [0.15, 0.2) is 0 Å². The van der Waals surface area contributed by atoms with Crippen LogP contribution in [-0.2, 0) is 4.75 Å². The second kappa shape index (κ2) is 7.72. The first-order valence-electron chi connectivity index (χ1n) is 8.54. The SMILES string of the molecule is CC(C)CSC(c1ccccc1)(c1ccccc1)c1ccccc1. The van der Waals surface area contributed by atoms with Crippen LogP contribution in [0, 0.1) is 5.92 Å². The van der Waals surface area contributed by atoms with E-state index in [1.807, 2.05) is 11.8 Å². The molecule has 24 heavy (non-hydrogen) atoms. The van der Waals surface area contributed by atoms with E-state index in [0.717, 1.165) is 5.75 Å². The predicted octanol–water partition coefficient (Wildman–Crippen LogP) is 6.37. The van der Waals surface area contributed by atoms with Gasteiger partial charge in [-0.15, -0.1) is 11.8 Å². The Labute approximate surface area is 149 Å². The molecule has 0 fully saturated rings. The van der Waals surface area contributed by atoms with Gasteiger partial charge < -0.3 is 0 Å². The fraction of sp³-hybridized carbons (Fsp3) is 0.217. The Bertz CT molecular complexity index is 636. The van der Waals surface area contributed by atoms with Crippen molar-refractivity contribution in [3.63, 3.8) is 0 Å². The van der Waals surface area contributed by atoms with E-state index in [9.17, 15) is 0 Å². The first-order chi connectivity index (χ1) is 11.7. The molecule has 0 bridgehead atoms. The van der Waals surface area contributed by atoms with Crippen LogP contribution < -0.4 is 0 Å². The maximum atomic E-state index is 2.29. The molecule has 0 spiro atoms. The average Bonchev–Trinajstić information content (AvgIpc) is 2.65. The largest absolute Gasteiger partial charge is 0.140 e. The van der Waals surface area contributed by atoms with E-state index in [0.29, 0.717) is 5.92 Å². The summed E-state index contributed by atoms with van der Waals surface area (Å²) in [5, 5.41) is 0. The molecule has 0 aromatic heterocycles. The Hall–Kier alpha value is -1.99. The molecule has 0 heterocycles. The summed E-state index contributed by atoms with van der Waals surface area (Å²) in [5.41, 5.74) is 4.02. The minimum Gasteiger partial charge on any atom is -0.140 e. The van der Waals surface area contributed by atoms with Crippen LogP contribution in [0.5, 0.6) is 0 Å². The van der Waals surface area contributed by atoms with Crippen molar-refractivity contribution >= 4 is 11.8 Å². The van der Waals surface area contributed by atoms with Gasteiger partial charge in [0.25, 0.3) is 0 Å². The molecule has 0 saturated carbocycles.